The standard InChI is InChI=1S/C23H32ClN5O3/c24-20-3-8-25-15-19(20)23(32)29-13-6-18(7-14-29)27-11-4-17(5-12-27)22(31)26-16-21(30)28-9-1-2-10-28/h3,8,15,17-18H,1-2,4-7,9-14,16H2,(H,26,31). The van der Waals surface area contributed by atoms with Crippen LogP contribution in [0.15, 0.2) is 18.5 Å². The predicted octanol–water partition coefficient (Wildman–Crippen LogP) is 1.79. The number of pyridine rings is 1. The fourth-order valence-corrected chi connectivity index (χ4v) is 5.24. The summed E-state index contributed by atoms with van der Waals surface area (Å²) in [5, 5.41) is 3.29. The van der Waals surface area contributed by atoms with Gasteiger partial charge in [-0.15, -0.1) is 0 Å². The average Bonchev–Trinajstić information content (AvgIpc) is 3.38. The molecule has 3 fully saturated rings. The van der Waals surface area contributed by atoms with Crippen LogP contribution in [0.5, 0.6) is 0 Å². The van der Waals surface area contributed by atoms with Crippen molar-refractivity contribution >= 4 is 29.3 Å². The van der Waals surface area contributed by atoms with Gasteiger partial charge in [0.15, 0.2) is 0 Å². The van der Waals surface area contributed by atoms with Crippen LogP contribution in [0.3, 0.4) is 0 Å². The maximum absolute atomic E-state index is 12.7. The summed E-state index contributed by atoms with van der Waals surface area (Å²) in [6.07, 6.45) is 8.70. The molecule has 1 aromatic rings. The van der Waals surface area contributed by atoms with E-state index in [0.717, 1.165) is 64.7 Å². The second-order valence-electron chi connectivity index (χ2n) is 8.99. The van der Waals surface area contributed by atoms with E-state index >= 15 is 0 Å². The molecule has 4 rings (SSSR count). The van der Waals surface area contributed by atoms with Crippen LogP contribution in [0.2, 0.25) is 5.02 Å². The maximum Gasteiger partial charge on any atom is 0.256 e. The Bertz CT molecular complexity index is 829. The van der Waals surface area contributed by atoms with Gasteiger partial charge in [0.25, 0.3) is 5.91 Å². The third-order valence-electron chi connectivity index (χ3n) is 7.04. The van der Waals surface area contributed by atoms with Crippen LogP contribution in [-0.2, 0) is 9.59 Å². The second-order valence-corrected chi connectivity index (χ2v) is 9.40. The number of nitrogens with one attached hydrogen (secondary N) is 1. The van der Waals surface area contributed by atoms with Gasteiger partial charge in [-0.25, -0.2) is 0 Å². The first kappa shape index (κ1) is 23.0. The lowest BCUT2D eigenvalue weighted by atomic mass is 9.92. The third-order valence-corrected chi connectivity index (χ3v) is 7.37. The zero-order valence-electron chi connectivity index (χ0n) is 18.5. The molecule has 1 N–H and O–H groups in total. The lowest BCUT2D eigenvalue weighted by Crippen LogP contribution is -2.50. The summed E-state index contributed by atoms with van der Waals surface area (Å²) in [6.45, 7) is 4.91. The van der Waals surface area contributed by atoms with Gasteiger partial charge in [0.1, 0.15) is 0 Å². The first-order chi connectivity index (χ1) is 15.5. The number of hydrogen-bond acceptors (Lipinski definition) is 5. The molecule has 0 spiro atoms. The first-order valence-corrected chi connectivity index (χ1v) is 12.1. The molecule has 0 bridgehead atoms. The number of carbonyl (C=O) groups excluding carboxylic acids is 3. The van der Waals surface area contributed by atoms with Gasteiger partial charge in [-0.1, -0.05) is 11.6 Å². The van der Waals surface area contributed by atoms with Crippen molar-refractivity contribution in [2.24, 2.45) is 5.92 Å². The molecule has 3 saturated heterocycles. The molecule has 0 atom stereocenters. The van der Waals surface area contributed by atoms with Crippen LogP contribution in [0.1, 0.15) is 48.9 Å². The van der Waals surface area contributed by atoms with Crippen LogP contribution in [0, 0.1) is 5.92 Å². The summed E-state index contributed by atoms with van der Waals surface area (Å²) in [4.78, 5) is 47.6. The van der Waals surface area contributed by atoms with Crippen LogP contribution >= 0.6 is 11.6 Å². The zero-order valence-corrected chi connectivity index (χ0v) is 19.2. The van der Waals surface area contributed by atoms with Gasteiger partial charge in [0, 0.05) is 50.5 Å². The fourth-order valence-electron chi connectivity index (χ4n) is 5.05. The van der Waals surface area contributed by atoms with Crippen LogP contribution in [0.4, 0.5) is 0 Å². The minimum atomic E-state index is -0.0552. The number of amides is 3. The second kappa shape index (κ2) is 10.6. The highest BCUT2D eigenvalue weighted by Crippen LogP contribution is 2.25. The van der Waals surface area contributed by atoms with Crippen molar-refractivity contribution in [3.8, 4) is 0 Å². The molecule has 0 radical (unpaired) electrons. The van der Waals surface area contributed by atoms with Crippen molar-refractivity contribution in [1.29, 1.82) is 0 Å². The van der Waals surface area contributed by atoms with Crippen molar-refractivity contribution in [3.63, 3.8) is 0 Å². The van der Waals surface area contributed by atoms with Gasteiger partial charge in [-0.2, -0.15) is 0 Å². The summed E-state index contributed by atoms with van der Waals surface area (Å²) in [7, 11) is 0. The lowest BCUT2D eigenvalue weighted by Gasteiger charge is -2.41. The number of aromatic nitrogens is 1. The minimum absolute atomic E-state index is 0.00552. The smallest absolute Gasteiger partial charge is 0.256 e. The fraction of sp³-hybridized carbons (Fsp3) is 0.652. The largest absolute Gasteiger partial charge is 0.347 e. The molecule has 0 saturated carbocycles. The molecule has 0 unspecified atom stereocenters. The molecular formula is C23H32ClN5O3. The quantitative estimate of drug-likeness (QED) is 0.722. The number of halogens is 1. The van der Waals surface area contributed by atoms with E-state index in [2.05, 4.69) is 15.2 Å². The number of nitrogens with zero attached hydrogens (tertiary/aromatic N) is 4. The van der Waals surface area contributed by atoms with E-state index in [1.54, 1.807) is 12.3 Å². The molecule has 32 heavy (non-hydrogen) atoms. The number of piperidine rings is 2. The van der Waals surface area contributed by atoms with Crippen LogP contribution < -0.4 is 5.32 Å². The molecule has 4 heterocycles. The highest BCUT2D eigenvalue weighted by Gasteiger charge is 2.32. The molecule has 174 valence electrons. The van der Waals surface area contributed by atoms with Gasteiger partial charge < -0.3 is 20.0 Å². The number of likely N-dealkylation sites (tertiary alicyclic amines) is 3. The van der Waals surface area contributed by atoms with Gasteiger partial charge >= 0.3 is 0 Å². The number of hydrogen-bond donors (Lipinski definition) is 1. The Labute approximate surface area is 194 Å². The van der Waals surface area contributed by atoms with E-state index in [1.165, 1.54) is 6.20 Å². The molecule has 3 aliphatic heterocycles. The zero-order chi connectivity index (χ0) is 22.5. The van der Waals surface area contributed by atoms with E-state index in [0.29, 0.717) is 29.7 Å². The van der Waals surface area contributed by atoms with Crippen molar-refractivity contribution < 1.29 is 14.4 Å². The lowest BCUT2D eigenvalue weighted by molar-refractivity contribution is -0.133. The normalized spacial score (nSPS) is 21.0. The van der Waals surface area contributed by atoms with E-state index < -0.39 is 0 Å². The van der Waals surface area contributed by atoms with E-state index in [9.17, 15) is 14.4 Å². The van der Waals surface area contributed by atoms with Gasteiger partial charge in [0.05, 0.1) is 17.1 Å². The Balaban J connectivity index is 1.18. The Morgan fingerprint density at radius 3 is 2.31 bits per heavy atom. The molecule has 3 aliphatic rings. The Morgan fingerprint density at radius 2 is 1.66 bits per heavy atom. The summed E-state index contributed by atoms with van der Waals surface area (Å²) in [5.74, 6) is -0.0412. The van der Waals surface area contributed by atoms with E-state index in [4.69, 9.17) is 11.6 Å². The highest BCUT2D eigenvalue weighted by molar-refractivity contribution is 6.33. The van der Waals surface area contributed by atoms with E-state index in [-0.39, 0.29) is 30.2 Å². The van der Waals surface area contributed by atoms with Gasteiger partial charge in [0.2, 0.25) is 11.8 Å². The molecule has 8 nitrogen and oxygen atoms in total. The Kier molecular flexibility index (Phi) is 7.63. The van der Waals surface area contributed by atoms with Crippen LogP contribution in [-0.4, -0.2) is 89.3 Å². The summed E-state index contributed by atoms with van der Waals surface area (Å²) < 4.78 is 0. The SMILES string of the molecule is O=C(NCC(=O)N1CCCC1)C1CCN(C2CCN(C(=O)c3cnccc3Cl)CC2)CC1. The molecule has 0 aliphatic carbocycles. The minimum Gasteiger partial charge on any atom is -0.347 e. The van der Waals surface area contributed by atoms with Crippen LogP contribution in [0.25, 0.3) is 0 Å². The van der Waals surface area contributed by atoms with Crippen molar-refractivity contribution in [3.05, 3.63) is 29.0 Å². The summed E-state index contributed by atoms with van der Waals surface area (Å²) in [6, 6.07) is 2.08. The Morgan fingerprint density at radius 1 is 0.969 bits per heavy atom. The number of rotatable bonds is 5. The Hall–Kier alpha value is -2.19. The monoisotopic (exact) mass is 461 g/mol. The third kappa shape index (κ3) is 5.41. The molecule has 9 heteroatoms. The predicted molar refractivity (Wildman–Crippen MR) is 121 cm³/mol. The number of carbonyl (C=O) groups is 3. The molecule has 1 aromatic heterocycles. The van der Waals surface area contributed by atoms with Crippen molar-refractivity contribution in [2.45, 2.75) is 44.6 Å². The molecule has 3 amide bonds. The maximum atomic E-state index is 12.7. The molecule has 0 aromatic carbocycles. The summed E-state index contributed by atoms with van der Waals surface area (Å²) >= 11 is 6.15. The molecular weight excluding hydrogens is 430 g/mol. The summed E-state index contributed by atoms with van der Waals surface area (Å²) in [5.41, 5.74) is 0.461. The van der Waals surface area contributed by atoms with Gasteiger partial charge in [-0.3, -0.25) is 19.4 Å². The van der Waals surface area contributed by atoms with Crippen molar-refractivity contribution in [1.82, 2.24) is 25.0 Å². The van der Waals surface area contributed by atoms with Gasteiger partial charge in [-0.05, 0) is 57.7 Å². The average molecular weight is 462 g/mol. The first-order valence-electron chi connectivity index (χ1n) is 11.7. The highest BCUT2D eigenvalue weighted by atomic mass is 35.5. The van der Waals surface area contributed by atoms with E-state index in [1.807, 2.05) is 9.80 Å². The van der Waals surface area contributed by atoms with Crippen molar-refractivity contribution in [2.75, 3.05) is 45.8 Å². The topological polar surface area (TPSA) is 85.9 Å².